The summed E-state index contributed by atoms with van der Waals surface area (Å²) in [4.78, 5) is 28.5. The van der Waals surface area contributed by atoms with E-state index in [0.29, 0.717) is 24.1 Å². The molecule has 1 aliphatic rings. The second-order valence-electron chi connectivity index (χ2n) is 10.2. The van der Waals surface area contributed by atoms with Crippen LogP contribution in [0, 0.1) is 11.3 Å². The zero-order chi connectivity index (χ0) is 31.0. The summed E-state index contributed by atoms with van der Waals surface area (Å²) in [5, 5.41) is 13.8. The third-order valence-corrected chi connectivity index (χ3v) is 9.02. The van der Waals surface area contributed by atoms with Gasteiger partial charge in [0.25, 0.3) is 0 Å². The molecular formula is C28H31F3N6O4S. The molecule has 14 heteroatoms. The molecule has 2 aromatic carbocycles. The number of benzene rings is 2. The average molecular weight is 605 g/mol. The number of methoxy groups -OCH3 is 1. The van der Waals surface area contributed by atoms with Crippen LogP contribution in [0.4, 0.5) is 24.8 Å². The van der Waals surface area contributed by atoms with E-state index < -0.39 is 39.6 Å². The number of alkyl halides is 3. The highest BCUT2D eigenvalue weighted by atomic mass is 32.3. The normalized spacial score (nSPS) is 15.9. The van der Waals surface area contributed by atoms with E-state index in [9.17, 15) is 32.2 Å². The number of nitriles is 1. The van der Waals surface area contributed by atoms with E-state index in [4.69, 9.17) is 4.74 Å². The number of halogens is 3. The highest BCUT2D eigenvalue weighted by molar-refractivity contribution is 7.99. The van der Waals surface area contributed by atoms with Gasteiger partial charge in [-0.1, -0.05) is 28.3 Å². The zero-order valence-electron chi connectivity index (χ0n) is 23.7. The van der Waals surface area contributed by atoms with Gasteiger partial charge in [0.1, 0.15) is 6.04 Å². The molecule has 0 aliphatic carbocycles. The van der Waals surface area contributed by atoms with E-state index in [1.165, 1.54) is 45.5 Å². The quantitative estimate of drug-likeness (QED) is 0.309. The van der Waals surface area contributed by atoms with Gasteiger partial charge >= 0.3 is 17.8 Å². The van der Waals surface area contributed by atoms with Crippen molar-refractivity contribution in [1.82, 2.24) is 18.7 Å². The number of thiol groups is 1. The number of ether oxygens (including phenoxy) is 1. The number of rotatable bonds is 8. The maximum atomic E-state index is 13.9. The van der Waals surface area contributed by atoms with Gasteiger partial charge < -0.3 is 4.74 Å². The van der Waals surface area contributed by atoms with Crippen LogP contribution in [0.5, 0.6) is 0 Å². The summed E-state index contributed by atoms with van der Waals surface area (Å²) in [6.45, 7) is 2.07. The lowest BCUT2D eigenvalue weighted by molar-refractivity contribution is -0.138. The number of aryl methyl sites for hydroxylation is 1. The summed E-state index contributed by atoms with van der Waals surface area (Å²) in [6.07, 6.45) is -0.971. The summed E-state index contributed by atoms with van der Waals surface area (Å²) < 4.78 is 62.6. The van der Waals surface area contributed by atoms with Gasteiger partial charge in [-0.3, -0.25) is 9.11 Å². The van der Waals surface area contributed by atoms with Crippen LogP contribution in [0.1, 0.15) is 36.1 Å². The van der Waals surface area contributed by atoms with Gasteiger partial charge in [0, 0.05) is 37.0 Å². The van der Waals surface area contributed by atoms with E-state index in [2.05, 4.69) is 5.10 Å². The van der Waals surface area contributed by atoms with Gasteiger partial charge in [-0.25, -0.2) is 23.1 Å². The van der Waals surface area contributed by atoms with E-state index in [-0.39, 0.29) is 29.5 Å². The third-order valence-electron chi connectivity index (χ3n) is 7.18. The fourth-order valence-corrected chi connectivity index (χ4v) is 5.40. The smallest absolute Gasteiger partial charge is 0.416 e. The molecule has 1 atom stereocenters. The van der Waals surface area contributed by atoms with Crippen molar-refractivity contribution in [3.63, 3.8) is 0 Å². The average Bonchev–Trinajstić information content (AvgIpc) is 3.26. The second-order valence-corrected chi connectivity index (χ2v) is 13.5. The number of carbonyl (C=O) groups excluding carboxylic acids is 1. The highest BCUT2D eigenvalue weighted by Crippen LogP contribution is 2.43. The number of carbonyl (C=O) groups is 1. The van der Waals surface area contributed by atoms with Crippen LogP contribution in [0.25, 0.3) is 0 Å². The number of fused-ring (bicyclic) bond motifs is 1. The molecule has 0 saturated carbocycles. The van der Waals surface area contributed by atoms with E-state index >= 15 is 0 Å². The van der Waals surface area contributed by atoms with Gasteiger partial charge in [-0.05, 0) is 56.3 Å². The first-order valence-electron chi connectivity index (χ1n) is 12.9. The van der Waals surface area contributed by atoms with Gasteiger partial charge in [0.2, 0.25) is 5.95 Å². The minimum absolute atomic E-state index is 0.00356. The van der Waals surface area contributed by atoms with Crippen molar-refractivity contribution in [3.05, 3.63) is 87.0 Å². The molecule has 1 unspecified atom stereocenters. The number of anilines is 2. The van der Waals surface area contributed by atoms with Crippen LogP contribution < -0.4 is 10.6 Å². The molecule has 2 heterocycles. The molecule has 0 amide bonds. The summed E-state index contributed by atoms with van der Waals surface area (Å²) in [6, 6.07) is 11.8. The molecule has 1 aliphatic heterocycles. The molecule has 4 rings (SSSR count). The van der Waals surface area contributed by atoms with E-state index in [0.717, 1.165) is 12.1 Å². The molecule has 1 aromatic heterocycles. The van der Waals surface area contributed by atoms with Crippen molar-refractivity contribution in [1.29, 1.82) is 5.26 Å². The molecule has 0 saturated heterocycles. The summed E-state index contributed by atoms with van der Waals surface area (Å²) >= 11 is 0. The second kappa shape index (κ2) is 11.6. The minimum atomic E-state index is -4.64. The van der Waals surface area contributed by atoms with Gasteiger partial charge in [0.05, 0.1) is 29.9 Å². The van der Waals surface area contributed by atoms with Crippen LogP contribution in [0.3, 0.4) is 0 Å². The molecule has 10 nitrogen and oxygen atoms in total. The molecule has 0 bridgehead atoms. The topological polar surface area (TPSA) is 113 Å². The van der Waals surface area contributed by atoms with Crippen LogP contribution in [-0.4, -0.2) is 62.0 Å². The van der Waals surface area contributed by atoms with Gasteiger partial charge in [0.15, 0.2) is 0 Å². The van der Waals surface area contributed by atoms with Crippen molar-refractivity contribution in [3.8, 4) is 6.07 Å². The molecule has 224 valence electrons. The lowest BCUT2D eigenvalue weighted by Gasteiger charge is -2.35. The summed E-state index contributed by atoms with van der Waals surface area (Å²) in [5.41, 5.74) is -0.414. The maximum Gasteiger partial charge on any atom is 0.416 e. The Labute approximate surface area is 241 Å². The Morgan fingerprint density at radius 3 is 2.43 bits per heavy atom. The summed E-state index contributed by atoms with van der Waals surface area (Å²) in [7, 11) is 0.375. The predicted octanol–water partition coefficient (Wildman–Crippen LogP) is 3.64. The van der Waals surface area contributed by atoms with Crippen molar-refractivity contribution >= 4 is 27.7 Å². The van der Waals surface area contributed by atoms with Crippen molar-refractivity contribution in [2.45, 2.75) is 32.1 Å². The molecule has 0 radical (unpaired) electrons. The number of allylic oxidation sites excluding steroid dienone is 1. The number of hydrogen-bond acceptors (Lipinski definition) is 7. The largest absolute Gasteiger partial charge is 0.466 e. The van der Waals surface area contributed by atoms with Gasteiger partial charge in [-0.15, -0.1) is 5.10 Å². The Balaban J connectivity index is 1.94. The highest BCUT2D eigenvalue weighted by Gasteiger charge is 2.41. The Bertz CT molecular complexity index is 1680. The number of hydrogen-bond donors (Lipinski definition) is 1. The molecule has 0 N–H and O–H groups in total. The number of aromatic nitrogens is 3. The molecule has 3 aromatic rings. The maximum absolute atomic E-state index is 13.9. The number of esters is 1. The van der Waals surface area contributed by atoms with Crippen LogP contribution in [0.15, 0.2) is 64.6 Å². The first-order chi connectivity index (χ1) is 19.7. The molecular weight excluding hydrogens is 573 g/mol. The molecule has 0 spiro atoms. The van der Waals surface area contributed by atoms with Crippen LogP contribution in [0.2, 0.25) is 0 Å². The van der Waals surface area contributed by atoms with Gasteiger partial charge in [-0.2, -0.15) is 18.4 Å². The third kappa shape index (κ3) is 5.88. The SMILES string of the molecule is COC(=O)C1=C(C)N(c2cccc(C(F)(F)F)c2)c2nn(CCCN(C)[SH](C)(C)=O)c(=O)n2C1c1ccc(C#N)cc1. The fraction of sp³-hybridized carbons (Fsp3) is 0.357. The van der Waals surface area contributed by atoms with Crippen molar-refractivity contribution in [2.75, 3.05) is 38.1 Å². The van der Waals surface area contributed by atoms with E-state index in [1.54, 1.807) is 42.9 Å². The Morgan fingerprint density at radius 1 is 1.19 bits per heavy atom. The first-order valence-corrected chi connectivity index (χ1v) is 15.5. The standard InChI is InChI=1S/C28H31F3N6O4S/c1-18-23(25(38)41-3)24(20-12-10-19(17-32)11-13-20)37-26(36(18)22-9-6-8-21(16-22)28(29,30)31)33-35(27(37)39)15-7-14-34(2)42(4,5)40/h6,8-13,16,24,42H,7,14-15H2,1-5H3. The fourth-order valence-electron chi connectivity index (χ4n) is 4.78. The van der Waals surface area contributed by atoms with Crippen LogP contribution >= 0.6 is 0 Å². The monoisotopic (exact) mass is 604 g/mol. The van der Waals surface area contributed by atoms with Crippen LogP contribution in [-0.2, 0) is 32.4 Å². The predicted molar refractivity (Wildman–Crippen MR) is 153 cm³/mol. The molecule has 42 heavy (non-hydrogen) atoms. The van der Waals surface area contributed by atoms with E-state index in [1.807, 2.05) is 6.07 Å². The number of nitrogens with zero attached hydrogens (tertiary/aromatic N) is 6. The Kier molecular flexibility index (Phi) is 8.47. The van der Waals surface area contributed by atoms with Crippen molar-refractivity contribution < 1.29 is 26.9 Å². The zero-order valence-corrected chi connectivity index (χ0v) is 24.6. The van der Waals surface area contributed by atoms with Crippen molar-refractivity contribution in [2.24, 2.45) is 0 Å². The minimum Gasteiger partial charge on any atom is -0.466 e. The summed E-state index contributed by atoms with van der Waals surface area (Å²) in [5.74, 6) is -0.781. The lowest BCUT2D eigenvalue weighted by atomic mass is 9.93. The molecule has 0 fully saturated rings. The first kappa shape index (κ1) is 30.7. The Hall–Kier alpha value is -4.22. The lowest BCUT2D eigenvalue weighted by Crippen LogP contribution is -2.38. The Morgan fingerprint density at radius 2 is 1.86 bits per heavy atom.